The van der Waals surface area contributed by atoms with E-state index >= 15 is 0 Å². The Morgan fingerprint density at radius 3 is 3.12 bits per heavy atom. The summed E-state index contributed by atoms with van der Waals surface area (Å²) in [6, 6.07) is 0.560. The minimum atomic E-state index is 0.218. The molecular formula is C11H16Cl2N4. The van der Waals surface area contributed by atoms with E-state index in [2.05, 4.69) is 27.1 Å². The van der Waals surface area contributed by atoms with Crippen molar-refractivity contribution < 1.29 is 0 Å². The molecule has 1 aliphatic heterocycles. The Kier molecular flexibility index (Phi) is 4.42. The molecule has 94 valence electrons. The lowest BCUT2D eigenvalue weighted by atomic mass is 10.2. The summed E-state index contributed by atoms with van der Waals surface area (Å²) in [5.41, 5.74) is 0. The monoisotopic (exact) mass is 274 g/mol. The third kappa shape index (κ3) is 3.21. The zero-order valence-corrected chi connectivity index (χ0v) is 11.3. The number of rotatable bonds is 4. The zero-order chi connectivity index (χ0) is 12.3. The first-order valence-electron chi connectivity index (χ1n) is 5.86. The molecule has 0 saturated carbocycles. The smallest absolute Gasteiger partial charge is 0.224 e. The van der Waals surface area contributed by atoms with Gasteiger partial charge >= 0.3 is 0 Å². The summed E-state index contributed by atoms with van der Waals surface area (Å²) in [7, 11) is 0. The lowest BCUT2D eigenvalue weighted by Crippen LogP contribution is -2.34. The van der Waals surface area contributed by atoms with Gasteiger partial charge in [0, 0.05) is 12.6 Å². The second-order valence-electron chi connectivity index (χ2n) is 4.14. The van der Waals surface area contributed by atoms with Crippen molar-refractivity contribution in [1.29, 1.82) is 0 Å². The summed E-state index contributed by atoms with van der Waals surface area (Å²) >= 11 is 11.7. The fraction of sp³-hybridized carbons (Fsp3) is 0.636. The molecule has 0 unspecified atom stereocenters. The molecular weight excluding hydrogens is 259 g/mol. The van der Waals surface area contributed by atoms with E-state index in [1.54, 1.807) is 0 Å². The predicted octanol–water partition coefficient (Wildman–Crippen LogP) is 2.68. The highest BCUT2D eigenvalue weighted by atomic mass is 35.5. The van der Waals surface area contributed by atoms with E-state index in [4.69, 9.17) is 23.2 Å². The Hall–Kier alpha value is -0.580. The second-order valence-corrected chi connectivity index (χ2v) is 4.89. The van der Waals surface area contributed by atoms with Crippen molar-refractivity contribution in [3.05, 3.63) is 16.5 Å². The van der Waals surface area contributed by atoms with Gasteiger partial charge in [0.05, 0.1) is 6.20 Å². The largest absolute Gasteiger partial charge is 0.367 e. The topological polar surface area (TPSA) is 41.0 Å². The van der Waals surface area contributed by atoms with Crippen LogP contribution in [0.3, 0.4) is 0 Å². The standard InChI is InChI=1S/C11H16Cl2N4/c1-2-17-5-3-4-8(17)6-14-10-9(12)7-15-11(13)16-10/h7-8H,2-6H2,1H3,(H,14,15,16)/t8-/m1/s1. The van der Waals surface area contributed by atoms with Crippen LogP contribution in [0.15, 0.2) is 6.20 Å². The van der Waals surface area contributed by atoms with Gasteiger partial charge < -0.3 is 5.32 Å². The number of anilines is 1. The molecule has 2 heterocycles. The van der Waals surface area contributed by atoms with Gasteiger partial charge in [-0.1, -0.05) is 18.5 Å². The highest BCUT2D eigenvalue weighted by molar-refractivity contribution is 6.33. The highest BCUT2D eigenvalue weighted by Gasteiger charge is 2.22. The lowest BCUT2D eigenvalue weighted by Gasteiger charge is -2.23. The number of aromatic nitrogens is 2. The van der Waals surface area contributed by atoms with Gasteiger partial charge in [0.1, 0.15) is 10.8 Å². The van der Waals surface area contributed by atoms with Gasteiger partial charge in [0.2, 0.25) is 5.28 Å². The second kappa shape index (κ2) is 5.85. The van der Waals surface area contributed by atoms with Crippen LogP contribution in [0.5, 0.6) is 0 Å². The quantitative estimate of drug-likeness (QED) is 0.858. The molecule has 4 nitrogen and oxygen atoms in total. The maximum absolute atomic E-state index is 5.99. The van der Waals surface area contributed by atoms with Crippen LogP contribution in [-0.2, 0) is 0 Å². The van der Waals surface area contributed by atoms with Crippen LogP contribution in [0.25, 0.3) is 0 Å². The Morgan fingerprint density at radius 1 is 1.53 bits per heavy atom. The van der Waals surface area contributed by atoms with Crippen molar-refractivity contribution in [3.8, 4) is 0 Å². The molecule has 1 N–H and O–H groups in total. The van der Waals surface area contributed by atoms with E-state index in [-0.39, 0.29) is 5.28 Å². The van der Waals surface area contributed by atoms with Crippen LogP contribution in [0.1, 0.15) is 19.8 Å². The molecule has 2 rings (SSSR count). The number of likely N-dealkylation sites (tertiary alicyclic amines) is 1. The van der Waals surface area contributed by atoms with Crippen molar-refractivity contribution in [3.63, 3.8) is 0 Å². The molecule has 0 spiro atoms. The molecule has 1 fully saturated rings. The van der Waals surface area contributed by atoms with Crippen molar-refractivity contribution in [2.75, 3.05) is 25.0 Å². The summed E-state index contributed by atoms with van der Waals surface area (Å²) in [4.78, 5) is 10.4. The van der Waals surface area contributed by atoms with Gasteiger partial charge in [0.25, 0.3) is 0 Å². The van der Waals surface area contributed by atoms with E-state index in [0.717, 1.165) is 13.1 Å². The fourth-order valence-electron chi connectivity index (χ4n) is 2.23. The van der Waals surface area contributed by atoms with E-state index in [1.807, 2.05) is 0 Å². The van der Waals surface area contributed by atoms with Gasteiger partial charge in [-0.05, 0) is 37.5 Å². The molecule has 1 atom stereocenters. The number of nitrogens with zero attached hydrogens (tertiary/aromatic N) is 3. The van der Waals surface area contributed by atoms with Gasteiger partial charge in [0.15, 0.2) is 0 Å². The summed E-state index contributed by atoms with van der Waals surface area (Å²) in [5.74, 6) is 0.620. The average Bonchev–Trinajstić information content (AvgIpc) is 2.77. The first-order chi connectivity index (χ1) is 8.20. The van der Waals surface area contributed by atoms with Crippen LogP contribution in [0, 0.1) is 0 Å². The van der Waals surface area contributed by atoms with Crippen molar-refractivity contribution in [2.24, 2.45) is 0 Å². The van der Waals surface area contributed by atoms with E-state index in [0.29, 0.717) is 16.9 Å². The minimum Gasteiger partial charge on any atom is -0.367 e. The Balaban J connectivity index is 1.95. The Bertz CT molecular complexity index is 386. The van der Waals surface area contributed by atoms with Crippen molar-refractivity contribution in [1.82, 2.24) is 14.9 Å². The normalized spacial score (nSPS) is 20.8. The molecule has 0 aromatic carbocycles. The molecule has 0 amide bonds. The maximum atomic E-state index is 5.99. The lowest BCUT2D eigenvalue weighted by molar-refractivity contribution is 0.277. The van der Waals surface area contributed by atoms with Crippen LogP contribution in [0.2, 0.25) is 10.3 Å². The number of halogens is 2. The molecule has 0 bridgehead atoms. The zero-order valence-electron chi connectivity index (χ0n) is 9.79. The van der Waals surface area contributed by atoms with E-state index in [1.165, 1.54) is 25.6 Å². The van der Waals surface area contributed by atoms with Gasteiger partial charge in [-0.3, -0.25) is 4.90 Å². The molecule has 6 heteroatoms. The Morgan fingerprint density at radius 2 is 2.35 bits per heavy atom. The van der Waals surface area contributed by atoms with Crippen LogP contribution < -0.4 is 5.32 Å². The molecule has 1 saturated heterocycles. The van der Waals surface area contributed by atoms with Crippen LogP contribution >= 0.6 is 23.2 Å². The third-order valence-corrected chi connectivity index (χ3v) is 3.58. The fourth-order valence-corrected chi connectivity index (χ4v) is 2.52. The summed E-state index contributed by atoms with van der Waals surface area (Å²) in [6.45, 7) is 5.31. The van der Waals surface area contributed by atoms with E-state index in [9.17, 15) is 0 Å². The maximum Gasteiger partial charge on any atom is 0.224 e. The number of likely N-dealkylation sites (N-methyl/N-ethyl adjacent to an activating group) is 1. The predicted molar refractivity (Wildman–Crippen MR) is 70.8 cm³/mol. The van der Waals surface area contributed by atoms with Crippen LogP contribution in [0.4, 0.5) is 5.82 Å². The van der Waals surface area contributed by atoms with Crippen LogP contribution in [-0.4, -0.2) is 40.5 Å². The first-order valence-corrected chi connectivity index (χ1v) is 6.62. The van der Waals surface area contributed by atoms with E-state index < -0.39 is 0 Å². The van der Waals surface area contributed by atoms with Gasteiger partial charge in [-0.15, -0.1) is 0 Å². The summed E-state index contributed by atoms with van der Waals surface area (Å²) < 4.78 is 0. The van der Waals surface area contributed by atoms with Gasteiger partial charge in [-0.25, -0.2) is 4.98 Å². The third-order valence-electron chi connectivity index (χ3n) is 3.13. The van der Waals surface area contributed by atoms with Crippen molar-refractivity contribution in [2.45, 2.75) is 25.8 Å². The SMILES string of the molecule is CCN1CCC[C@@H]1CNc1nc(Cl)ncc1Cl. The molecule has 1 aliphatic rings. The number of hydrogen-bond donors (Lipinski definition) is 1. The minimum absolute atomic E-state index is 0.218. The molecule has 17 heavy (non-hydrogen) atoms. The van der Waals surface area contributed by atoms with Gasteiger partial charge in [-0.2, -0.15) is 4.98 Å². The molecule has 0 aliphatic carbocycles. The number of nitrogens with one attached hydrogen (secondary N) is 1. The highest BCUT2D eigenvalue weighted by Crippen LogP contribution is 2.21. The molecule has 1 aromatic heterocycles. The molecule has 1 aromatic rings. The van der Waals surface area contributed by atoms with Crippen molar-refractivity contribution >= 4 is 29.0 Å². The Labute approximate surface area is 111 Å². The number of hydrogen-bond acceptors (Lipinski definition) is 4. The summed E-state index contributed by atoms with van der Waals surface area (Å²) in [6.07, 6.45) is 4.00. The first kappa shape index (κ1) is 12.9. The molecule has 0 radical (unpaired) electrons. The average molecular weight is 275 g/mol. The summed E-state index contributed by atoms with van der Waals surface area (Å²) in [5, 5.41) is 3.98.